The second-order valence-electron chi connectivity index (χ2n) is 9.32. The van der Waals surface area contributed by atoms with E-state index in [1.165, 1.54) is 37.4 Å². The van der Waals surface area contributed by atoms with Crippen molar-refractivity contribution in [2.45, 2.75) is 55.3 Å². The molecule has 0 bridgehead atoms. The van der Waals surface area contributed by atoms with E-state index >= 15 is 0 Å². The van der Waals surface area contributed by atoms with Crippen molar-refractivity contribution in [1.29, 1.82) is 0 Å². The molecule has 2 aromatic carbocycles. The fourth-order valence-electron chi connectivity index (χ4n) is 4.51. The van der Waals surface area contributed by atoms with Crippen LogP contribution in [-0.4, -0.2) is 111 Å². The molecule has 14 nitrogen and oxygen atoms in total. The van der Waals surface area contributed by atoms with Crippen LogP contribution in [0.15, 0.2) is 39.5 Å². The molecule has 0 spiro atoms. The van der Waals surface area contributed by atoms with Gasteiger partial charge in [-0.05, 0) is 18.2 Å². The predicted octanol–water partition coefficient (Wildman–Crippen LogP) is -1.70. The van der Waals surface area contributed by atoms with E-state index in [1.54, 1.807) is 0 Å². The molecule has 7 N–H and O–H groups in total. The molecule has 14 heteroatoms. The molecule has 212 valence electrons. The highest BCUT2D eigenvalue weighted by Gasteiger charge is 2.46. The highest BCUT2D eigenvalue weighted by Crippen LogP contribution is 2.32. The van der Waals surface area contributed by atoms with Crippen molar-refractivity contribution in [2.75, 3.05) is 20.3 Å². The lowest BCUT2D eigenvalue weighted by Crippen LogP contribution is -2.61. The SMILES string of the molecule is COc1cc(O)c2c(=O)c3cc(O[C@@H]4O[C@H](CO[C@@H]5OC[C@@H](O)[C@H](O)[C@H]5O)[C@@H](O)[C@H](O)[C@H]4O)ccc3oc2c1. The van der Waals surface area contributed by atoms with Crippen molar-refractivity contribution in [1.82, 2.24) is 0 Å². The lowest BCUT2D eigenvalue weighted by Gasteiger charge is -2.41. The van der Waals surface area contributed by atoms with Crippen molar-refractivity contribution in [3.05, 3.63) is 40.6 Å². The van der Waals surface area contributed by atoms with Gasteiger partial charge in [0.05, 0.1) is 25.7 Å². The minimum absolute atomic E-state index is 0.0394. The molecule has 39 heavy (non-hydrogen) atoms. The number of aliphatic hydroxyl groups excluding tert-OH is 6. The van der Waals surface area contributed by atoms with Crippen LogP contribution in [0.3, 0.4) is 0 Å². The van der Waals surface area contributed by atoms with Crippen LogP contribution in [0.4, 0.5) is 0 Å². The smallest absolute Gasteiger partial charge is 0.229 e. The average molecular weight is 552 g/mol. The molecule has 0 radical (unpaired) electrons. The molecule has 0 unspecified atom stereocenters. The van der Waals surface area contributed by atoms with Crippen LogP contribution < -0.4 is 14.9 Å². The number of aliphatic hydroxyl groups is 6. The van der Waals surface area contributed by atoms with Crippen molar-refractivity contribution in [3.8, 4) is 17.2 Å². The van der Waals surface area contributed by atoms with Crippen LogP contribution >= 0.6 is 0 Å². The first-order valence-corrected chi connectivity index (χ1v) is 12.0. The van der Waals surface area contributed by atoms with E-state index in [4.69, 9.17) is 28.1 Å². The Morgan fingerprint density at radius 1 is 0.872 bits per heavy atom. The zero-order chi connectivity index (χ0) is 28.0. The molecule has 5 rings (SSSR count). The van der Waals surface area contributed by atoms with Gasteiger partial charge in [0, 0.05) is 12.1 Å². The summed E-state index contributed by atoms with van der Waals surface area (Å²) in [5.74, 6) is -0.00694. The molecule has 0 amide bonds. The molecule has 2 saturated heterocycles. The third-order valence-corrected chi connectivity index (χ3v) is 6.73. The predicted molar refractivity (Wildman–Crippen MR) is 129 cm³/mol. The van der Waals surface area contributed by atoms with Gasteiger partial charge in [-0.15, -0.1) is 0 Å². The van der Waals surface area contributed by atoms with Crippen molar-refractivity contribution < 1.29 is 63.8 Å². The van der Waals surface area contributed by atoms with Crippen LogP contribution in [0.5, 0.6) is 17.2 Å². The third kappa shape index (κ3) is 5.14. The van der Waals surface area contributed by atoms with Crippen LogP contribution in [0, 0.1) is 0 Å². The Labute approximate surface area is 219 Å². The molecule has 0 aliphatic carbocycles. The van der Waals surface area contributed by atoms with E-state index in [1.807, 2.05) is 0 Å². The number of hydrogen-bond acceptors (Lipinski definition) is 14. The first-order chi connectivity index (χ1) is 18.6. The Morgan fingerprint density at radius 3 is 2.36 bits per heavy atom. The summed E-state index contributed by atoms with van der Waals surface area (Å²) in [5, 5.41) is 70.9. The number of benzene rings is 2. The van der Waals surface area contributed by atoms with Gasteiger partial charge in [0.1, 0.15) is 76.5 Å². The quantitative estimate of drug-likeness (QED) is 0.170. The summed E-state index contributed by atoms with van der Waals surface area (Å²) in [6.45, 7) is -0.758. The molecule has 2 fully saturated rings. The lowest BCUT2D eigenvalue weighted by atomic mass is 9.99. The summed E-state index contributed by atoms with van der Waals surface area (Å²) in [6, 6.07) is 6.90. The van der Waals surface area contributed by atoms with Crippen LogP contribution in [-0.2, 0) is 14.2 Å². The average Bonchev–Trinajstić information content (AvgIpc) is 2.92. The normalized spacial score (nSPS) is 33.4. The van der Waals surface area contributed by atoms with Gasteiger partial charge in [0.2, 0.25) is 11.7 Å². The van der Waals surface area contributed by atoms with Gasteiger partial charge in [0.15, 0.2) is 6.29 Å². The van der Waals surface area contributed by atoms with Gasteiger partial charge < -0.3 is 63.8 Å². The molecule has 3 aromatic rings. The van der Waals surface area contributed by atoms with Gasteiger partial charge in [-0.3, -0.25) is 4.79 Å². The Morgan fingerprint density at radius 2 is 1.62 bits per heavy atom. The Kier molecular flexibility index (Phi) is 7.65. The first-order valence-electron chi connectivity index (χ1n) is 12.0. The molecule has 2 aliphatic heterocycles. The van der Waals surface area contributed by atoms with Gasteiger partial charge in [-0.1, -0.05) is 0 Å². The minimum Gasteiger partial charge on any atom is -0.507 e. The maximum absolute atomic E-state index is 13.1. The maximum atomic E-state index is 13.1. The third-order valence-electron chi connectivity index (χ3n) is 6.73. The number of rotatable bonds is 6. The van der Waals surface area contributed by atoms with Crippen molar-refractivity contribution in [2.24, 2.45) is 0 Å². The minimum atomic E-state index is -1.72. The van der Waals surface area contributed by atoms with Gasteiger partial charge in [0.25, 0.3) is 0 Å². The number of fused-ring (bicyclic) bond motifs is 2. The molecule has 3 heterocycles. The van der Waals surface area contributed by atoms with Gasteiger partial charge in [-0.2, -0.15) is 0 Å². The molecular weight excluding hydrogens is 524 g/mol. The van der Waals surface area contributed by atoms with Crippen molar-refractivity contribution >= 4 is 21.9 Å². The summed E-state index contributed by atoms with van der Waals surface area (Å²) in [4.78, 5) is 13.1. The summed E-state index contributed by atoms with van der Waals surface area (Å²) in [5.41, 5.74) is -0.266. The first kappa shape index (κ1) is 27.5. The fraction of sp³-hybridized carbons (Fsp3) is 0.480. The van der Waals surface area contributed by atoms with E-state index in [-0.39, 0.29) is 40.0 Å². The van der Waals surface area contributed by atoms with E-state index < -0.39 is 67.3 Å². The van der Waals surface area contributed by atoms with E-state index in [2.05, 4.69) is 0 Å². The molecule has 0 saturated carbocycles. The van der Waals surface area contributed by atoms with Gasteiger partial charge >= 0.3 is 0 Å². The number of aromatic hydroxyl groups is 1. The second-order valence-corrected chi connectivity index (χ2v) is 9.32. The Hall–Kier alpha value is -3.05. The number of phenolic OH excluding ortho intramolecular Hbond substituents is 1. The summed E-state index contributed by atoms with van der Waals surface area (Å²) >= 11 is 0. The topological polar surface area (TPSA) is 218 Å². The number of methoxy groups -OCH3 is 1. The highest BCUT2D eigenvalue weighted by molar-refractivity contribution is 5.94. The monoisotopic (exact) mass is 552 g/mol. The van der Waals surface area contributed by atoms with Crippen LogP contribution in [0.2, 0.25) is 0 Å². The Balaban J connectivity index is 1.35. The standard InChI is InChI=1S/C25H28O14/c1-34-10-5-12(26)17-15(6-10)38-14-3-2-9(4-11(14)18(17)28)37-25-23(33)21(31)20(30)16(39-25)8-36-24-22(32)19(29)13(27)7-35-24/h2-6,13,16,19-27,29-33H,7-8H2,1H3/t13-,16-,19+,20-,21+,22-,23-,24+,25-/m1/s1. The Bertz CT molecular complexity index is 1390. The summed E-state index contributed by atoms with van der Waals surface area (Å²) in [6.07, 6.45) is -13.6. The van der Waals surface area contributed by atoms with Crippen LogP contribution in [0.25, 0.3) is 21.9 Å². The summed E-state index contributed by atoms with van der Waals surface area (Å²) in [7, 11) is 1.40. The number of phenols is 1. The largest absolute Gasteiger partial charge is 0.507 e. The van der Waals surface area contributed by atoms with E-state index in [9.17, 15) is 40.5 Å². The van der Waals surface area contributed by atoms with E-state index in [0.29, 0.717) is 5.75 Å². The molecule has 9 atom stereocenters. The zero-order valence-electron chi connectivity index (χ0n) is 20.5. The van der Waals surface area contributed by atoms with E-state index in [0.717, 1.165) is 0 Å². The fourth-order valence-corrected chi connectivity index (χ4v) is 4.51. The lowest BCUT2D eigenvalue weighted by molar-refractivity contribution is -0.307. The molecular formula is C25H28O14. The van der Waals surface area contributed by atoms with Crippen molar-refractivity contribution in [3.63, 3.8) is 0 Å². The molecule has 1 aromatic heterocycles. The number of ether oxygens (including phenoxy) is 5. The van der Waals surface area contributed by atoms with Gasteiger partial charge in [-0.25, -0.2) is 0 Å². The maximum Gasteiger partial charge on any atom is 0.229 e. The highest BCUT2D eigenvalue weighted by atomic mass is 16.7. The second kappa shape index (κ2) is 10.8. The number of hydrogen-bond donors (Lipinski definition) is 7. The van der Waals surface area contributed by atoms with Crippen LogP contribution in [0.1, 0.15) is 0 Å². The molecule has 2 aliphatic rings. The summed E-state index contributed by atoms with van der Waals surface area (Å²) < 4.78 is 32.7. The zero-order valence-corrected chi connectivity index (χ0v) is 20.5.